The number of fused-ring (bicyclic) bond motifs is 1. The van der Waals surface area contributed by atoms with Gasteiger partial charge in [-0.3, -0.25) is 9.69 Å². The summed E-state index contributed by atoms with van der Waals surface area (Å²) in [6.45, 7) is 6.18. The van der Waals surface area contributed by atoms with Crippen molar-refractivity contribution < 1.29 is 19.1 Å². The summed E-state index contributed by atoms with van der Waals surface area (Å²) < 4.78 is 10.1. The van der Waals surface area contributed by atoms with Gasteiger partial charge in [-0.2, -0.15) is 0 Å². The highest BCUT2D eigenvalue weighted by molar-refractivity contribution is 5.91. The number of hydrogen-bond acceptors (Lipinski definition) is 4. The number of anilines is 1. The first-order valence-electron chi connectivity index (χ1n) is 7.50. The quantitative estimate of drug-likeness (QED) is 0.805. The van der Waals surface area contributed by atoms with E-state index < -0.39 is 5.60 Å². The Morgan fingerprint density at radius 1 is 1.27 bits per heavy atom. The molecule has 1 amide bonds. The average molecular weight is 305 g/mol. The highest BCUT2D eigenvalue weighted by atomic mass is 16.6. The Morgan fingerprint density at radius 3 is 2.64 bits per heavy atom. The minimum absolute atomic E-state index is 0.223. The highest BCUT2D eigenvalue weighted by Crippen LogP contribution is 2.32. The molecule has 0 fully saturated rings. The third-order valence-electron chi connectivity index (χ3n) is 3.56. The molecule has 0 N–H and O–H groups in total. The Hall–Kier alpha value is -2.04. The van der Waals surface area contributed by atoms with Gasteiger partial charge in [0, 0.05) is 13.0 Å². The molecule has 1 aromatic rings. The Labute approximate surface area is 131 Å². The minimum Gasteiger partial charge on any atom is -0.469 e. The van der Waals surface area contributed by atoms with E-state index in [1.165, 1.54) is 7.11 Å². The first-order valence-corrected chi connectivity index (χ1v) is 7.50. The van der Waals surface area contributed by atoms with Crippen molar-refractivity contribution in [2.45, 2.75) is 45.6 Å². The maximum absolute atomic E-state index is 12.3. The maximum Gasteiger partial charge on any atom is 0.414 e. The van der Waals surface area contributed by atoms with E-state index in [1.807, 2.05) is 39.0 Å². The Morgan fingerprint density at radius 2 is 2.00 bits per heavy atom. The molecule has 2 rings (SSSR count). The largest absolute Gasteiger partial charge is 0.469 e. The van der Waals surface area contributed by atoms with Gasteiger partial charge < -0.3 is 9.47 Å². The van der Waals surface area contributed by atoms with Crippen molar-refractivity contribution in [3.63, 3.8) is 0 Å². The summed E-state index contributed by atoms with van der Waals surface area (Å²) in [5.74, 6) is -0.223. The van der Waals surface area contributed by atoms with E-state index in [2.05, 4.69) is 4.74 Å². The number of nitrogens with zero attached hydrogens (tertiary/aromatic N) is 1. The molecule has 1 heterocycles. The fourth-order valence-electron chi connectivity index (χ4n) is 2.59. The monoisotopic (exact) mass is 305 g/mol. The molecule has 0 bridgehead atoms. The standard InChI is InChI=1S/C17H23NO4/c1-17(2,3)22-16(20)18-11-10-13-12(6-5-7-14(13)18)8-9-15(19)21-4/h5-7H,8-11H2,1-4H3. The van der Waals surface area contributed by atoms with Crippen LogP contribution in [0.1, 0.15) is 38.3 Å². The highest BCUT2D eigenvalue weighted by Gasteiger charge is 2.30. The van der Waals surface area contributed by atoms with Gasteiger partial charge in [0.25, 0.3) is 0 Å². The zero-order valence-corrected chi connectivity index (χ0v) is 13.6. The third kappa shape index (κ3) is 3.78. The zero-order chi connectivity index (χ0) is 16.3. The molecule has 22 heavy (non-hydrogen) atoms. The number of amides is 1. The van der Waals surface area contributed by atoms with Crippen LogP contribution >= 0.6 is 0 Å². The summed E-state index contributed by atoms with van der Waals surface area (Å²) in [4.78, 5) is 25.3. The predicted molar refractivity (Wildman–Crippen MR) is 84.1 cm³/mol. The maximum atomic E-state index is 12.3. The fourth-order valence-corrected chi connectivity index (χ4v) is 2.59. The van der Waals surface area contributed by atoms with Crippen molar-refractivity contribution in [3.8, 4) is 0 Å². The molecule has 5 nitrogen and oxygen atoms in total. The molecular formula is C17H23NO4. The molecule has 0 saturated carbocycles. The fraction of sp³-hybridized carbons (Fsp3) is 0.529. The summed E-state index contributed by atoms with van der Waals surface area (Å²) in [5.41, 5.74) is 2.59. The lowest BCUT2D eigenvalue weighted by Crippen LogP contribution is -2.35. The van der Waals surface area contributed by atoms with E-state index in [4.69, 9.17) is 4.74 Å². The van der Waals surface area contributed by atoms with Crippen LogP contribution < -0.4 is 4.90 Å². The Bertz CT molecular complexity index is 575. The van der Waals surface area contributed by atoms with Gasteiger partial charge in [-0.05, 0) is 50.8 Å². The van der Waals surface area contributed by atoms with E-state index in [0.29, 0.717) is 19.4 Å². The predicted octanol–water partition coefficient (Wildman–Crippen LogP) is 3.09. The summed E-state index contributed by atoms with van der Waals surface area (Å²) in [5, 5.41) is 0. The van der Waals surface area contributed by atoms with Crippen LogP contribution in [0.25, 0.3) is 0 Å². The first kappa shape index (κ1) is 16.3. The molecular weight excluding hydrogens is 282 g/mol. The molecule has 0 radical (unpaired) electrons. The molecule has 0 saturated heterocycles. The van der Waals surface area contributed by atoms with Gasteiger partial charge in [0.15, 0.2) is 0 Å². The number of carbonyl (C=O) groups excluding carboxylic acids is 2. The molecule has 0 atom stereocenters. The van der Waals surface area contributed by atoms with Crippen LogP contribution in [-0.4, -0.2) is 31.3 Å². The zero-order valence-electron chi connectivity index (χ0n) is 13.6. The first-order chi connectivity index (χ1) is 10.3. The Kier molecular flexibility index (Phi) is 4.74. The van der Waals surface area contributed by atoms with Crippen molar-refractivity contribution in [3.05, 3.63) is 29.3 Å². The second kappa shape index (κ2) is 6.38. The van der Waals surface area contributed by atoms with Gasteiger partial charge in [-0.25, -0.2) is 4.79 Å². The third-order valence-corrected chi connectivity index (χ3v) is 3.56. The van der Waals surface area contributed by atoms with Gasteiger partial charge in [-0.1, -0.05) is 12.1 Å². The van der Waals surface area contributed by atoms with Gasteiger partial charge in [0.2, 0.25) is 0 Å². The normalized spacial score (nSPS) is 13.7. The van der Waals surface area contributed by atoms with Crippen molar-refractivity contribution in [2.24, 2.45) is 0 Å². The second-order valence-corrected chi connectivity index (χ2v) is 6.37. The molecule has 0 spiro atoms. The molecule has 1 aromatic carbocycles. The summed E-state index contributed by atoms with van der Waals surface area (Å²) in [7, 11) is 1.39. The van der Waals surface area contributed by atoms with Crippen LogP contribution in [-0.2, 0) is 27.1 Å². The lowest BCUT2D eigenvalue weighted by molar-refractivity contribution is -0.140. The number of benzene rings is 1. The second-order valence-electron chi connectivity index (χ2n) is 6.37. The van der Waals surface area contributed by atoms with Crippen molar-refractivity contribution in [1.29, 1.82) is 0 Å². The molecule has 120 valence electrons. The summed E-state index contributed by atoms with van der Waals surface area (Å²) in [6, 6.07) is 5.84. The number of hydrogen-bond donors (Lipinski definition) is 0. The van der Waals surface area contributed by atoms with Crippen LogP contribution in [0, 0.1) is 0 Å². The minimum atomic E-state index is -0.512. The number of carbonyl (C=O) groups is 2. The van der Waals surface area contributed by atoms with Crippen LogP contribution in [0.15, 0.2) is 18.2 Å². The van der Waals surface area contributed by atoms with E-state index in [-0.39, 0.29) is 12.1 Å². The van der Waals surface area contributed by atoms with E-state index in [9.17, 15) is 9.59 Å². The molecule has 1 aliphatic heterocycles. The van der Waals surface area contributed by atoms with E-state index >= 15 is 0 Å². The summed E-state index contributed by atoms with van der Waals surface area (Å²) >= 11 is 0. The van der Waals surface area contributed by atoms with Gasteiger partial charge in [-0.15, -0.1) is 0 Å². The van der Waals surface area contributed by atoms with Crippen LogP contribution in [0.4, 0.5) is 10.5 Å². The number of aryl methyl sites for hydroxylation is 1. The van der Waals surface area contributed by atoms with Crippen LogP contribution in [0.2, 0.25) is 0 Å². The van der Waals surface area contributed by atoms with Crippen LogP contribution in [0.3, 0.4) is 0 Å². The van der Waals surface area contributed by atoms with Crippen molar-refractivity contribution >= 4 is 17.7 Å². The van der Waals surface area contributed by atoms with Crippen LogP contribution in [0.5, 0.6) is 0 Å². The van der Waals surface area contributed by atoms with E-state index in [1.54, 1.807) is 4.90 Å². The number of methoxy groups -OCH3 is 1. The molecule has 1 aliphatic rings. The topological polar surface area (TPSA) is 55.8 Å². The van der Waals surface area contributed by atoms with Crippen molar-refractivity contribution in [1.82, 2.24) is 0 Å². The van der Waals surface area contributed by atoms with Gasteiger partial charge in [0.05, 0.1) is 12.8 Å². The Balaban J connectivity index is 2.15. The number of ether oxygens (including phenoxy) is 2. The number of esters is 1. The average Bonchev–Trinajstić information content (AvgIpc) is 2.87. The SMILES string of the molecule is COC(=O)CCc1cccc2c1CCN2C(=O)OC(C)(C)C. The van der Waals surface area contributed by atoms with E-state index in [0.717, 1.165) is 23.2 Å². The lowest BCUT2D eigenvalue weighted by Gasteiger charge is -2.24. The molecule has 5 heteroatoms. The summed E-state index contributed by atoms with van der Waals surface area (Å²) in [6.07, 6.45) is 1.43. The smallest absolute Gasteiger partial charge is 0.414 e. The molecule has 0 unspecified atom stereocenters. The molecule has 0 aromatic heterocycles. The van der Waals surface area contributed by atoms with Crippen molar-refractivity contribution in [2.75, 3.05) is 18.6 Å². The molecule has 0 aliphatic carbocycles. The lowest BCUT2D eigenvalue weighted by atomic mass is 10.0. The van der Waals surface area contributed by atoms with Gasteiger partial charge >= 0.3 is 12.1 Å². The van der Waals surface area contributed by atoms with Gasteiger partial charge in [0.1, 0.15) is 5.60 Å². The number of rotatable bonds is 3.